The van der Waals surface area contributed by atoms with Crippen LogP contribution in [0.3, 0.4) is 0 Å². The molecule has 1 aromatic heterocycles. The molecule has 0 saturated heterocycles. The van der Waals surface area contributed by atoms with Gasteiger partial charge in [0.05, 0.1) is 12.4 Å². The van der Waals surface area contributed by atoms with Crippen molar-refractivity contribution in [3.8, 4) is 0 Å². The van der Waals surface area contributed by atoms with E-state index in [1.807, 2.05) is 12.1 Å². The van der Waals surface area contributed by atoms with Crippen LogP contribution in [0.2, 0.25) is 0 Å². The summed E-state index contributed by atoms with van der Waals surface area (Å²) < 4.78 is 0. The molecule has 0 saturated carbocycles. The topological polar surface area (TPSA) is 92.9 Å². The van der Waals surface area contributed by atoms with Gasteiger partial charge in [0.2, 0.25) is 5.91 Å². The van der Waals surface area contributed by atoms with Gasteiger partial charge in [-0.1, -0.05) is 0 Å². The van der Waals surface area contributed by atoms with E-state index in [9.17, 15) is 4.79 Å². The molecule has 2 aromatic rings. The molecule has 0 aliphatic carbocycles. The molecular formula is C12H13N5O. The molecule has 0 bridgehead atoms. The molecule has 0 aliphatic rings. The Labute approximate surface area is 104 Å². The Morgan fingerprint density at radius 1 is 1.17 bits per heavy atom. The van der Waals surface area contributed by atoms with Gasteiger partial charge in [-0.25, -0.2) is 4.98 Å². The lowest BCUT2D eigenvalue weighted by Gasteiger charge is -2.07. The third-order valence-electron chi connectivity index (χ3n) is 2.13. The van der Waals surface area contributed by atoms with E-state index in [-0.39, 0.29) is 5.91 Å². The number of carbonyl (C=O) groups is 1. The van der Waals surface area contributed by atoms with Gasteiger partial charge in [0, 0.05) is 18.3 Å². The van der Waals surface area contributed by atoms with Gasteiger partial charge in [0.1, 0.15) is 5.82 Å². The van der Waals surface area contributed by atoms with E-state index in [0.29, 0.717) is 11.6 Å². The predicted octanol–water partition coefficient (Wildman–Crippen LogP) is 1.76. The molecule has 0 aliphatic heterocycles. The number of anilines is 4. The summed E-state index contributed by atoms with van der Waals surface area (Å²) in [5.74, 6) is 0.828. The van der Waals surface area contributed by atoms with Crippen LogP contribution >= 0.6 is 0 Å². The molecule has 92 valence electrons. The maximum absolute atomic E-state index is 10.9. The average Bonchev–Trinajstić information content (AvgIpc) is 2.31. The predicted molar refractivity (Wildman–Crippen MR) is 70.5 cm³/mol. The molecule has 0 spiro atoms. The first-order valence-corrected chi connectivity index (χ1v) is 5.36. The number of nitrogens with two attached hydrogens (primary N) is 1. The monoisotopic (exact) mass is 243 g/mol. The molecule has 0 fully saturated rings. The van der Waals surface area contributed by atoms with Gasteiger partial charge >= 0.3 is 0 Å². The number of nitrogens with one attached hydrogen (secondary N) is 2. The summed E-state index contributed by atoms with van der Waals surface area (Å²) in [6.45, 7) is 1.47. The number of aromatic nitrogens is 2. The minimum absolute atomic E-state index is 0.0996. The van der Waals surface area contributed by atoms with Crippen molar-refractivity contribution < 1.29 is 4.79 Å². The van der Waals surface area contributed by atoms with Crippen molar-refractivity contribution in [1.29, 1.82) is 0 Å². The van der Waals surface area contributed by atoms with Crippen LogP contribution in [0.15, 0.2) is 36.7 Å². The molecule has 1 heterocycles. The van der Waals surface area contributed by atoms with Gasteiger partial charge in [-0.2, -0.15) is 0 Å². The Morgan fingerprint density at radius 3 is 2.44 bits per heavy atom. The van der Waals surface area contributed by atoms with E-state index in [4.69, 9.17) is 5.73 Å². The van der Waals surface area contributed by atoms with E-state index < -0.39 is 0 Å². The summed E-state index contributed by atoms with van der Waals surface area (Å²) in [6.07, 6.45) is 3.06. The van der Waals surface area contributed by atoms with Gasteiger partial charge in [-0.3, -0.25) is 9.78 Å². The second-order valence-corrected chi connectivity index (χ2v) is 3.71. The van der Waals surface area contributed by atoms with Crippen LogP contribution in [-0.2, 0) is 4.79 Å². The number of amides is 1. The first kappa shape index (κ1) is 11.8. The van der Waals surface area contributed by atoms with Crippen molar-refractivity contribution in [3.63, 3.8) is 0 Å². The second-order valence-electron chi connectivity index (χ2n) is 3.71. The van der Waals surface area contributed by atoms with E-state index in [1.165, 1.54) is 13.1 Å². The summed E-state index contributed by atoms with van der Waals surface area (Å²) >= 11 is 0. The lowest BCUT2D eigenvalue weighted by molar-refractivity contribution is -0.114. The van der Waals surface area contributed by atoms with E-state index in [0.717, 1.165) is 11.4 Å². The van der Waals surface area contributed by atoms with Crippen LogP contribution in [0.1, 0.15) is 6.92 Å². The Bertz CT molecular complexity index is 553. The van der Waals surface area contributed by atoms with Crippen LogP contribution in [0, 0.1) is 0 Å². The van der Waals surface area contributed by atoms with Gasteiger partial charge in [-0.15, -0.1) is 0 Å². The Kier molecular flexibility index (Phi) is 3.38. The van der Waals surface area contributed by atoms with Crippen LogP contribution in [0.25, 0.3) is 0 Å². The number of carbonyl (C=O) groups excluding carboxylic acids is 1. The Morgan fingerprint density at radius 2 is 1.83 bits per heavy atom. The largest absolute Gasteiger partial charge is 0.382 e. The summed E-state index contributed by atoms with van der Waals surface area (Å²) in [5.41, 5.74) is 7.11. The summed E-state index contributed by atoms with van der Waals surface area (Å²) in [5, 5.41) is 5.75. The van der Waals surface area contributed by atoms with Crippen molar-refractivity contribution >= 4 is 28.9 Å². The Hall–Kier alpha value is -2.63. The number of hydrogen-bond donors (Lipinski definition) is 3. The van der Waals surface area contributed by atoms with Crippen molar-refractivity contribution in [2.24, 2.45) is 0 Å². The molecule has 18 heavy (non-hydrogen) atoms. The zero-order valence-corrected chi connectivity index (χ0v) is 9.84. The van der Waals surface area contributed by atoms with E-state index >= 15 is 0 Å². The smallest absolute Gasteiger partial charge is 0.221 e. The average molecular weight is 243 g/mol. The third kappa shape index (κ3) is 3.18. The zero-order chi connectivity index (χ0) is 13.0. The van der Waals surface area contributed by atoms with Crippen molar-refractivity contribution in [2.75, 3.05) is 16.4 Å². The fraction of sp³-hybridized carbons (Fsp3) is 0.0833. The number of rotatable bonds is 3. The fourth-order valence-corrected chi connectivity index (χ4v) is 1.43. The molecule has 2 rings (SSSR count). The molecule has 0 atom stereocenters. The van der Waals surface area contributed by atoms with E-state index in [2.05, 4.69) is 20.6 Å². The van der Waals surface area contributed by atoms with Gasteiger partial charge in [-0.05, 0) is 24.3 Å². The molecule has 1 amide bonds. The number of hydrogen-bond acceptors (Lipinski definition) is 5. The van der Waals surface area contributed by atoms with Crippen LogP contribution < -0.4 is 16.4 Å². The van der Waals surface area contributed by atoms with Crippen LogP contribution in [0.5, 0.6) is 0 Å². The highest BCUT2D eigenvalue weighted by atomic mass is 16.1. The molecule has 0 radical (unpaired) electrons. The van der Waals surface area contributed by atoms with Gasteiger partial charge in [0.15, 0.2) is 5.82 Å². The van der Waals surface area contributed by atoms with Crippen LogP contribution in [-0.4, -0.2) is 15.9 Å². The minimum Gasteiger partial charge on any atom is -0.382 e. The highest BCUT2D eigenvalue weighted by Crippen LogP contribution is 2.17. The SMILES string of the molecule is CC(=O)Nc1ccc(Nc2cncc(N)n2)cc1. The van der Waals surface area contributed by atoms with Gasteiger partial charge in [0.25, 0.3) is 0 Å². The summed E-state index contributed by atoms with van der Waals surface area (Å²) in [4.78, 5) is 18.9. The number of nitrogens with zero attached hydrogens (tertiary/aromatic N) is 2. The number of nitrogen functional groups attached to an aromatic ring is 1. The normalized spacial score (nSPS) is 9.83. The first-order chi connectivity index (χ1) is 8.63. The summed E-state index contributed by atoms with van der Waals surface area (Å²) in [7, 11) is 0. The van der Waals surface area contributed by atoms with Crippen molar-refractivity contribution in [2.45, 2.75) is 6.92 Å². The van der Waals surface area contributed by atoms with Crippen molar-refractivity contribution in [3.05, 3.63) is 36.7 Å². The molecule has 6 nitrogen and oxygen atoms in total. The molecule has 6 heteroatoms. The van der Waals surface area contributed by atoms with E-state index in [1.54, 1.807) is 18.3 Å². The maximum atomic E-state index is 10.9. The standard InChI is InChI=1S/C12H13N5O/c1-8(18)15-9-2-4-10(5-3-9)16-12-7-14-6-11(13)17-12/h2-7H,1H3,(H,15,18)(H3,13,16,17). The quantitative estimate of drug-likeness (QED) is 0.763. The highest BCUT2D eigenvalue weighted by Gasteiger charge is 1.99. The molecule has 4 N–H and O–H groups in total. The van der Waals surface area contributed by atoms with Gasteiger partial charge < -0.3 is 16.4 Å². The third-order valence-corrected chi connectivity index (χ3v) is 2.13. The zero-order valence-electron chi connectivity index (χ0n) is 9.84. The lowest BCUT2D eigenvalue weighted by Crippen LogP contribution is -2.05. The maximum Gasteiger partial charge on any atom is 0.221 e. The first-order valence-electron chi connectivity index (χ1n) is 5.36. The molecule has 1 aromatic carbocycles. The lowest BCUT2D eigenvalue weighted by atomic mass is 10.3. The number of benzene rings is 1. The second kappa shape index (κ2) is 5.13. The summed E-state index contributed by atoms with van der Waals surface area (Å²) in [6, 6.07) is 7.25. The molecular weight excluding hydrogens is 230 g/mol. The molecule has 0 unspecified atom stereocenters. The highest BCUT2D eigenvalue weighted by molar-refractivity contribution is 5.88. The Balaban J connectivity index is 2.08. The van der Waals surface area contributed by atoms with Crippen LogP contribution in [0.4, 0.5) is 23.0 Å². The van der Waals surface area contributed by atoms with Crippen molar-refractivity contribution in [1.82, 2.24) is 9.97 Å². The fourth-order valence-electron chi connectivity index (χ4n) is 1.43. The minimum atomic E-state index is -0.0996.